The summed E-state index contributed by atoms with van der Waals surface area (Å²) in [6.45, 7) is 5.00. The van der Waals surface area contributed by atoms with Crippen LogP contribution >= 0.6 is 34.8 Å². The first-order chi connectivity index (χ1) is 19.0. The largest absolute Gasteiger partial charge is 0.352 e. The first-order valence-electron chi connectivity index (χ1n) is 12.9. The molecule has 0 aliphatic heterocycles. The Balaban J connectivity index is 2.09. The van der Waals surface area contributed by atoms with Crippen LogP contribution in [-0.2, 0) is 26.2 Å². The zero-order valence-electron chi connectivity index (χ0n) is 22.5. The van der Waals surface area contributed by atoms with Crippen molar-refractivity contribution in [1.82, 2.24) is 10.2 Å². The number of carbonyl (C=O) groups excluding carboxylic acids is 2. The van der Waals surface area contributed by atoms with Crippen LogP contribution in [0.25, 0.3) is 0 Å². The van der Waals surface area contributed by atoms with Crippen LogP contribution in [0.3, 0.4) is 0 Å². The summed E-state index contributed by atoms with van der Waals surface area (Å²) in [6, 6.07) is 18.1. The van der Waals surface area contributed by atoms with Gasteiger partial charge in [0.1, 0.15) is 12.6 Å². The second kappa shape index (κ2) is 14.2. The molecule has 2 amide bonds. The van der Waals surface area contributed by atoms with Crippen LogP contribution in [0.4, 0.5) is 5.69 Å². The fourth-order valence-electron chi connectivity index (χ4n) is 4.09. The van der Waals surface area contributed by atoms with Gasteiger partial charge < -0.3 is 10.2 Å². The Morgan fingerprint density at radius 2 is 1.52 bits per heavy atom. The van der Waals surface area contributed by atoms with Gasteiger partial charge in [-0.1, -0.05) is 85.0 Å². The van der Waals surface area contributed by atoms with Crippen LogP contribution in [0.5, 0.6) is 0 Å². The van der Waals surface area contributed by atoms with E-state index >= 15 is 0 Å². The van der Waals surface area contributed by atoms with E-state index < -0.39 is 28.5 Å². The lowest BCUT2D eigenvalue weighted by Crippen LogP contribution is -2.53. The molecule has 0 aromatic heterocycles. The van der Waals surface area contributed by atoms with Crippen LogP contribution in [-0.4, -0.2) is 43.8 Å². The molecule has 0 aliphatic carbocycles. The van der Waals surface area contributed by atoms with Crippen molar-refractivity contribution in [2.45, 2.75) is 57.1 Å². The Labute approximate surface area is 251 Å². The Morgan fingerprint density at radius 1 is 0.875 bits per heavy atom. The van der Waals surface area contributed by atoms with Crippen LogP contribution in [0.1, 0.15) is 39.2 Å². The summed E-state index contributed by atoms with van der Waals surface area (Å²) in [7, 11) is -4.24. The van der Waals surface area contributed by atoms with E-state index in [2.05, 4.69) is 5.32 Å². The molecule has 0 bridgehead atoms. The molecule has 1 N–H and O–H groups in total. The topological polar surface area (TPSA) is 86.8 Å². The van der Waals surface area contributed by atoms with E-state index in [1.807, 2.05) is 13.8 Å². The Kier molecular flexibility index (Phi) is 11.3. The second-order valence-electron chi connectivity index (χ2n) is 9.28. The molecule has 0 heterocycles. The molecule has 0 spiro atoms. The highest BCUT2D eigenvalue weighted by molar-refractivity contribution is 7.92. The van der Waals surface area contributed by atoms with Gasteiger partial charge in [-0.05, 0) is 61.7 Å². The van der Waals surface area contributed by atoms with Crippen LogP contribution in [0.15, 0.2) is 77.7 Å². The van der Waals surface area contributed by atoms with Gasteiger partial charge in [0.15, 0.2) is 0 Å². The van der Waals surface area contributed by atoms with Gasteiger partial charge in [0.2, 0.25) is 11.8 Å². The zero-order chi connectivity index (χ0) is 29.4. The molecule has 0 saturated heterocycles. The minimum Gasteiger partial charge on any atom is -0.352 e. The van der Waals surface area contributed by atoms with Crippen molar-refractivity contribution < 1.29 is 18.0 Å². The number of sulfonamides is 1. The molecule has 3 aromatic carbocycles. The van der Waals surface area contributed by atoms with Gasteiger partial charge in [0.25, 0.3) is 10.0 Å². The van der Waals surface area contributed by atoms with Crippen LogP contribution < -0.4 is 9.62 Å². The fourth-order valence-corrected chi connectivity index (χ4v) is 6.30. The molecule has 0 aliphatic rings. The summed E-state index contributed by atoms with van der Waals surface area (Å²) in [4.78, 5) is 28.8. The lowest BCUT2D eigenvalue weighted by Gasteiger charge is -2.34. The lowest BCUT2D eigenvalue weighted by atomic mass is 10.1. The second-order valence-corrected chi connectivity index (χ2v) is 12.4. The van der Waals surface area contributed by atoms with Crippen LogP contribution in [0.2, 0.25) is 15.1 Å². The van der Waals surface area contributed by atoms with Crippen molar-refractivity contribution in [2.75, 3.05) is 10.8 Å². The number of halogens is 3. The SMILES string of the molecule is CC[C@@H](C)NC(=O)[C@@H](CC)N(Cc1ccccc1Cl)C(=O)CN(c1ccc(Cl)cc1Cl)S(=O)(=O)c1ccccc1. The Morgan fingerprint density at radius 3 is 2.12 bits per heavy atom. The predicted octanol–water partition coefficient (Wildman–Crippen LogP) is 6.56. The van der Waals surface area contributed by atoms with Gasteiger partial charge in [-0.2, -0.15) is 0 Å². The molecule has 214 valence electrons. The van der Waals surface area contributed by atoms with E-state index in [0.29, 0.717) is 28.5 Å². The van der Waals surface area contributed by atoms with E-state index in [9.17, 15) is 18.0 Å². The number of nitrogens with zero attached hydrogens (tertiary/aromatic N) is 2. The number of benzene rings is 3. The number of hydrogen-bond donors (Lipinski definition) is 1. The smallest absolute Gasteiger partial charge is 0.264 e. The van der Waals surface area contributed by atoms with Gasteiger partial charge in [0, 0.05) is 22.6 Å². The third-order valence-corrected chi connectivity index (χ3v) is 9.15. The summed E-state index contributed by atoms with van der Waals surface area (Å²) in [5.74, 6) is -0.934. The number of carbonyl (C=O) groups is 2. The molecule has 0 radical (unpaired) electrons. The molecule has 0 saturated carbocycles. The van der Waals surface area contributed by atoms with Crippen molar-refractivity contribution in [2.24, 2.45) is 0 Å². The zero-order valence-corrected chi connectivity index (χ0v) is 25.6. The quantitative estimate of drug-likeness (QED) is 0.247. The van der Waals surface area contributed by atoms with E-state index in [0.717, 1.165) is 4.31 Å². The minimum absolute atomic E-state index is 0.00147. The number of hydrogen-bond acceptors (Lipinski definition) is 4. The van der Waals surface area contributed by atoms with E-state index in [1.54, 1.807) is 49.4 Å². The maximum atomic E-state index is 14.1. The normalized spacial score (nSPS) is 12.8. The highest BCUT2D eigenvalue weighted by Gasteiger charge is 2.34. The number of nitrogens with one attached hydrogen (secondary N) is 1. The maximum Gasteiger partial charge on any atom is 0.264 e. The van der Waals surface area contributed by atoms with Crippen molar-refractivity contribution in [3.05, 3.63) is 93.4 Å². The average molecular weight is 625 g/mol. The van der Waals surface area contributed by atoms with Crippen molar-refractivity contribution in [3.8, 4) is 0 Å². The maximum absolute atomic E-state index is 14.1. The molecular formula is C29H32Cl3N3O4S. The summed E-state index contributed by atoms with van der Waals surface area (Å²) >= 11 is 18.9. The van der Waals surface area contributed by atoms with E-state index in [-0.39, 0.29) is 34.1 Å². The summed E-state index contributed by atoms with van der Waals surface area (Å²) < 4.78 is 28.7. The first kappa shape index (κ1) is 31.7. The number of anilines is 1. The van der Waals surface area contributed by atoms with E-state index in [1.165, 1.54) is 35.2 Å². The molecule has 7 nitrogen and oxygen atoms in total. The van der Waals surface area contributed by atoms with Gasteiger partial charge >= 0.3 is 0 Å². The summed E-state index contributed by atoms with van der Waals surface area (Å²) in [5, 5.41) is 3.73. The Bertz CT molecular complexity index is 1440. The average Bonchev–Trinajstić information content (AvgIpc) is 2.93. The van der Waals surface area contributed by atoms with Gasteiger partial charge in [-0.25, -0.2) is 8.42 Å². The summed E-state index contributed by atoms with van der Waals surface area (Å²) in [6.07, 6.45) is 1.00. The Hall–Kier alpha value is -2.78. The molecule has 3 rings (SSSR count). The van der Waals surface area contributed by atoms with E-state index in [4.69, 9.17) is 34.8 Å². The van der Waals surface area contributed by atoms with Crippen molar-refractivity contribution in [1.29, 1.82) is 0 Å². The standard InChI is InChI=1S/C29H32Cl3N3O4S/c1-4-20(3)33-29(37)26(5-2)34(18-21-11-9-10-14-24(21)31)28(36)19-35(27-16-15-22(30)17-25(27)32)40(38,39)23-12-7-6-8-13-23/h6-17,20,26H,4-5,18-19H2,1-3H3,(H,33,37)/t20-,26-/m1/s1. The molecule has 11 heteroatoms. The minimum atomic E-state index is -4.24. The van der Waals surface area contributed by atoms with Gasteiger partial charge in [-0.3, -0.25) is 13.9 Å². The molecular weight excluding hydrogens is 593 g/mol. The number of amides is 2. The molecule has 40 heavy (non-hydrogen) atoms. The van der Waals surface area contributed by atoms with Crippen molar-refractivity contribution in [3.63, 3.8) is 0 Å². The highest BCUT2D eigenvalue weighted by atomic mass is 35.5. The third kappa shape index (κ3) is 7.69. The van der Waals surface area contributed by atoms with Gasteiger partial charge in [-0.15, -0.1) is 0 Å². The number of rotatable bonds is 12. The molecule has 0 fully saturated rings. The fraction of sp³-hybridized carbons (Fsp3) is 0.310. The lowest BCUT2D eigenvalue weighted by molar-refractivity contribution is -0.140. The van der Waals surface area contributed by atoms with Gasteiger partial charge in [0.05, 0.1) is 15.6 Å². The molecule has 3 aromatic rings. The van der Waals surface area contributed by atoms with Crippen molar-refractivity contribution >= 4 is 62.3 Å². The first-order valence-corrected chi connectivity index (χ1v) is 15.4. The van der Waals surface area contributed by atoms with Crippen LogP contribution in [0, 0.1) is 0 Å². The molecule has 0 unspecified atom stereocenters. The summed E-state index contributed by atoms with van der Waals surface area (Å²) in [5.41, 5.74) is 0.701. The monoisotopic (exact) mass is 623 g/mol. The molecule has 2 atom stereocenters. The highest BCUT2D eigenvalue weighted by Crippen LogP contribution is 2.33. The third-order valence-electron chi connectivity index (χ3n) is 6.47. The predicted molar refractivity (Wildman–Crippen MR) is 161 cm³/mol.